The number of rotatable bonds is 2. The molecule has 0 saturated heterocycles. The first kappa shape index (κ1) is 13.7. The van der Waals surface area contributed by atoms with E-state index in [1.54, 1.807) is 11.8 Å². The van der Waals surface area contributed by atoms with Crippen LogP contribution in [0.2, 0.25) is 0 Å². The van der Waals surface area contributed by atoms with E-state index in [1.807, 2.05) is 25.1 Å². The molecule has 0 aliphatic heterocycles. The maximum atomic E-state index is 9.07. The van der Waals surface area contributed by atoms with Crippen LogP contribution >= 0.6 is 23.1 Å². The number of fused-ring (bicyclic) bond motifs is 1. The Labute approximate surface area is 120 Å². The van der Waals surface area contributed by atoms with Crippen molar-refractivity contribution in [2.75, 3.05) is 5.75 Å². The van der Waals surface area contributed by atoms with Crippen molar-refractivity contribution in [3.63, 3.8) is 0 Å². The topological polar surface area (TPSA) is 52.0 Å². The predicted octanol–water partition coefficient (Wildman–Crippen LogP) is 2.31. The first-order valence-electron chi connectivity index (χ1n) is 5.87. The summed E-state index contributed by atoms with van der Waals surface area (Å²) in [6, 6.07) is 6.03. The highest BCUT2D eigenvalue weighted by Crippen LogP contribution is 2.13. The van der Waals surface area contributed by atoms with E-state index in [0.29, 0.717) is 0 Å². The monoisotopic (exact) mass is 287 g/mol. The van der Waals surface area contributed by atoms with Gasteiger partial charge in [0, 0.05) is 11.1 Å². The molecular weight excluding hydrogens is 274 g/mol. The van der Waals surface area contributed by atoms with Crippen LogP contribution in [-0.2, 0) is 0 Å². The van der Waals surface area contributed by atoms with Crippen molar-refractivity contribution < 1.29 is 0 Å². The van der Waals surface area contributed by atoms with Gasteiger partial charge in [-0.25, -0.2) is 0 Å². The van der Waals surface area contributed by atoms with E-state index < -0.39 is 0 Å². The van der Waals surface area contributed by atoms with Gasteiger partial charge in [-0.3, -0.25) is 0 Å². The second-order valence-electron chi connectivity index (χ2n) is 4.07. The summed E-state index contributed by atoms with van der Waals surface area (Å²) >= 11 is 3.23. The largest absolute Gasteiger partial charge is 0.304 e. The standard InChI is InChI=1S/C14H13N3S2/c1-4-18-8-13-17-10(3)9(2)5-12(17)14(19-13)11(6-15)7-16/h5,8H,4H2,1-3H3/b13-8-. The highest BCUT2D eigenvalue weighted by molar-refractivity contribution is 8.06. The Hall–Kier alpha value is -1.69. The number of aryl methyl sites for hydroxylation is 2. The van der Waals surface area contributed by atoms with Crippen LogP contribution in [0.1, 0.15) is 18.2 Å². The highest BCUT2D eigenvalue weighted by Gasteiger charge is 2.10. The molecule has 0 N–H and O–H groups in total. The minimum atomic E-state index is 0.189. The Bertz CT molecular complexity index is 809. The van der Waals surface area contributed by atoms with Crippen molar-refractivity contribution in [3.8, 4) is 12.1 Å². The third kappa shape index (κ3) is 2.28. The molecule has 2 heterocycles. The molecule has 0 spiro atoms. The molecule has 3 nitrogen and oxygen atoms in total. The van der Waals surface area contributed by atoms with E-state index in [9.17, 15) is 0 Å². The molecule has 0 atom stereocenters. The Morgan fingerprint density at radius 2 is 2.11 bits per heavy atom. The lowest BCUT2D eigenvalue weighted by Crippen LogP contribution is -2.05. The van der Waals surface area contributed by atoms with Crippen molar-refractivity contribution in [2.45, 2.75) is 20.8 Å². The van der Waals surface area contributed by atoms with E-state index in [2.05, 4.69) is 23.7 Å². The second kappa shape index (κ2) is 5.52. The average Bonchev–Trinajstić information content (AvgIpc) is 2.89. The molecule has 0 aromatic carbocycles. The quantitative estimate of drug-likeness (QED) is 0.851. The molecule has 2 rings (SSSR count). The molecule has 96 valence electrons. The summed E-state index contributed by atoms with van der Waals surface area (Å²) in [7, 11) is 0. The van der Waals surface area contributed by atoms with Gasteiger partial charge in [0.2, 0.25) is 0 Å². The predicted molar refractivity (Wildman–Crippen MR) is 81.2 cm³/mol. The fourth-order valence-corrected chi connectivity index (χ4v) is 3.72. The lowest BCUT2D eigenvalue weighted by atomic mass is 10.3. The smallest absolute Gasteiger partial charge is 0.149 e. The van der Waals surface area contributed by atoms with Crippen LogP contribution in [-0.4, -0.2) is 10.2 Å². The van der Waals surface area contributed by atoms with Gasteiger partial charge < -0.3 is 4.40 Å². The van der Waals surface area contributed by atoms with Crippen LogP contribution in [0, 0.1) is 36.5 Å². The highest BCUT2D eigenvalue weighted by atomic mass is 32.2. The molecule has 0 unspecified atom stereocenters. The molecule has 0 amide bonds. The van der Waals surface area contributed by atoms with Gasteiger partial charge in [0.05, 0.1) is 10.0 Å². The lowest BCUT2D eigenvalue weighted by molar-refractivity contribution is 1.09. The van der Waals surface area contributed by atoms with Crippen LogP contribution in [0.3, 0.4) is 0 Å². The summed E-state index contributed by atoms with van der Waals surface area (Å²) in [5.74, 6) is 1.00. The van der Waals surface area contributed by atoms with Crippen molar-refractivity contribution >= 4 is 39.6 Å². The summed E-state index contributed by atoms with van der Waals surface area (Å²) in [6.45, 7) is 6.21. The summed E-state index contributed by atoms with van der Waals surface area (Å²) in [5.41, 5.74) is 3.49. The first-order chi connectivity index (χ1) is 9.13. The van der Waals surface area contributed by atoms with Crippen LogP contribution in [0.5, 0.6) is 0 Å². The van der Waals surface area contributed by atoms with Gasteiger partial charge in [0.25, 0.3) is 0 Å². The molecular formula is C14H13N3S2. The average molecular weight is 287 g/mol. The number of aromatic nitrogens is 1. The fourth-order valence-electron chi connectivity index (χ4n) is 1.92. The number of hydrogen-bond acceptors (Lipinski definition) is 4. The van der Waals surface area contributed by atoms with Gasteiger partial charge >= 0.3 is 0 Å². The molecule has 0 aliphatic rings. The van der Waals surface area contributed by atoms with Crippen molar-refractivity contribution in [1.82, 2.24) is 4.40 Å². The Kier molecular flexibility index (Phi) is 3.99. The van der Waals surface area contributed by atoms with Crippen LogP contribution in [0.25, 0.3) is 16.5 Å². The first-order valence-corrected chi connectivity index (χ1v) is 7.74. The van der Waals surface area contributed by atoms with Crippen molar-refractivity contribution in [1.29, 1.82) is 10.5 Å². The zero-order valence-corrected chi connectivity index (χ0v) is 12.7. The molecule has 19 heavy (non-hydrogen) atoms. The molecule has 2 aromatic rings. The third-order valence-corrected chi connectivity index (χ3v) is 4.96. The number of nitrogens with zero attached hydrogens (tertiary/aromatic N) is 3. The number of hydrogen-bond donors (Lipinski definition) is 0. The van der Waals surface area contributed by atoms with E-state index in [1.165, 1.54) is 16.9 Å². The lowest BCUT2D eigenvalue weighted by Gasteiger charge is -1.93. The third-order valence-electron chi connectivity index (χ3n) is 2.96. The molecule has 0 fully saturated rings. The zero-order chi connectivity index (χ0) is 14.0. The number of thiazole rings is 1. The molecule has 0 saturated carbocycles. The number of thioether (sulfide) groups is 1. The minimum Gasteiger partial charge on any atom is -0.304 e. The summed E-state index contributed by atoms with van der Waals surface area (Å²) in [4.78, 5) is 0. The van der Waals surface area contributed by atoms with Gasteiger partial charge in [0.1, 0.15) is 22.4 Å². The maximum absolute atomic E-state index is 9.07. The minimum absolute atomic E-state index is 0.189. The van der Waals surface area contributed by atoms with Crippen LogP contribution in [0.4, 0.5) is 0 Å². The van der Waals surface area contributed by atoms with E-state index >= 15 is 0 Å². The molecule has 0 bridgehead atoms. The molecule has 0 aliphatic carbocycles. The Balaban J connectivity index is 3.00. The van der Waals surface area contributed by atoms with E-state index in [-0.39, 0.29) is 5.57 Å². The Morgan fingerprint density at radius 3 is 2.68 bits per heavy atom. The van der Waals surface area contributed by atoms with Gasteiger partial charge in [-0.1, -0.05) is 6.92 Å². The second-order valence-corrected chi connectivity index (χ2v) is 6.25. The zero-order valence-electron chi connectivity index (χ0n) is 11.0. The molecule has 0 radical (unpaired) electrons. The van der Waals surface area contributed by atoms with E-state index in [4.69, 9.17) is 10.5 Å². The van der Waals surface area contributed by atoms with Crippen LogP contribution in [0.15, 0.2) is 6.07 Å². The van der Waals surface area contributed by atoms with Gasteiger partial charge in [-0.05, 0) is 31.2 Å². The van der Waals surface area contributed by atoms with Gasteiger partial charge in [-0.15, -0.1) is 23.1 Å². The molecule has 5 heteroatoms. The summed E-state index contributed by atoms with van der Waals surface area (Å²) in [6.07, 6.45) is 0. The number of nitriles is 2. The SMILES string of the molecule is CCS/C=c1\sc(=C(C#N)C#N)c2cc(C)c(C)n12. The fraction of sp³-hybridized carbons (Fsp3) is 0.286. The van der Waals surface area contributed by atoms with E-state index in [0.717, 1.165) is 26.2 Å². The molecule has 2 aromatic heterocycles. The maximum Gasteiger partial charge on any atom is 0.149 e. The van der Waals surface area contributed by atoms with Gasteiger partial charge in [0.15, 0.2) is 0 Å². The van der Waals surface area contributed by atoms with Gasteiger partial charge in [-0.2, -0.15) is 10.5 Å². The Morgan fingerprint density at radius 1 is 1.42 bits per heavy atom. The summed E-state index contributed by atoms with van der Waals surface area (Å²) < 4.78 is 3.97. The van der Waals surface area contributed by atoms with Crippen LogP contribution < -0.4 is 9.20 Å². The van der Waals surface area contributed by atoms with Crippen molar-refractivity contribution in [2.24, 2.45) is 0 Å². The summed E-state index contributed by atoms with van der Waals surface area (Å²) in [5, 5.41) is 20.2. The van der Waals surface area contributed by atoms with Crippen molar-refractivity contribution in [3.05, 3.63) is 26.5 Å². The normalized spacial score (nSPS) is 11.5.